The predicted molar refractivity (Wildman–Crippen MR) is 69.5 cm³/mol. The van der Waals surface area contributed by atoms with Crippen LogP contribution in [0.1, 0.15) is 15.2 Å². The zero-order valence-electron chi connectivity index (χ0n) is 9.26. The van der Waals surface area contributed by atoms with Crippen LogP contribution in [0, 0.1) is 5.82 Å². The Morgan fingerprint density at radius 1 is 1.17 bits per heavy atom. The molecule has 0 radical (unpaired) electrons. The molecule has 0 aliphatic carbocycles. The minimum absolute atomic E-state index is 0.191. The fourth-order valence-corrected chi connectivity index (χ4v) is 2.80. The molecule has 0 saturated heterocycles. The lowest BCUT2D eigenvalue weighted by Crippen LogP contribution is -1.99. The minimum atomic E-state index is -0.498. The van der Waals surface area contributed by atoms with E-state index >= 15 is 0 Å². The van der Waals surface area contributed by atoms with Gasteiger partial charge in [0.05, 0.1) is 11.1 Å². The molecule has 0 unspecified atom stereocenters. The van der Waals surface area contributed by atoms with Gasteiger partial charge in [-0.05, 0) is 23.6 Å². The number of halogens is 1. The lowest BCUT2D eigenvalue weighted by atomic mass is 10.1. The van der Waals surface area contributed by atoms with E-state index in [9.17, 15) is 9.18 Å². The lowest BCUT2D eigenvalue weighted by Gasteiger charge is -1.96. The number of ketones is 1. The summed E-state index contributed by atoms with van der Waals surface area (Å²) in [7, 11) is 0. The van der Waals surface area contributed by atoms with Crippen LogP contribution < -0.4 is 0 Å². The first kappa shape index (κ1) is 11.0. The summed E-state index contributed by atoms with van der Waals surface area (Å²) in [6.07, 6.45) is 2.47. The van der Waals surface area contributed by atoms with Gasteiger partial charge in [0.1, 0.15) is 5.82 Å². The van der Waals surface area contributed by atoms with E-state index in [4.69, 9.17) is 0 Å². The average molecular weight is 257 g/mol. The number of aromatic nitrogens is 1. The third-order valence-corrected chi connectivity index (χ3v) is 3.73. The molecular weight excluding hydrogens is 249 g/mol. The molecule has 18 heavy (non-hydrogen) atoms. The standard InChI is InChI=1S/C14H8FNOS/c15-11-5-10(7-16-8-11)14(17)13-6-9-3-1-2-4-12(9)18-13/h1-8H. The molecule has 2 nitrogen and oxygen atoms in total. The van der Waals surface area contributed by atoms with Crippen LogP contribution in [0.3, 0.4) is 0 Å². The number of benzene rings is 1. The largest absolute Gasteiger partial charge is 0.288 e. The van der Waals surface area contributed by atoms with Crippen molar-refractivity contribution in [2.24, 2.45) is 0 Å². The molecule has 88 valence electrons. The van der Waals surface area contributed by atoms with Crippen molar-refractivity contribution >= 4 is 27.2 Å². The fraction of sp³-hybridized carbons (Fsp3) is 0. The van der Waals surface area contributed by atoms with Gasteiger partial charge in [0.2, 0.25) is 5.78 Å². The van der Waals surface area contributed by atoms with Crippen molar-refractivity contribution in [2.75, 3.05) is 0 Å². The van der Waals surface area contributed by atoms with Gasteiger partial charge in [-0.3, -0.25) is 9.78 Å². The first-order chi connectivity index (χ1) is 8.74. The zero-order chi connectivity index (χ0) is 12.5. The van der Waals surface area contributed by atoms with Gasteiger partial charge in [-0.1, -0.05) is 18.2 Å². The average Bonchev–Trinajstić information content (AvgIpc) is 2.81. The second kappa shape index (κ2) is 4.31. The van der Waals surface area contributed by atoms with Crippen molar-refractivity contribution in [3.05, 3.63) is 65.0 Å². The van der Waals surface area contributed by atoms with Crippen molar-refractivity contribution in [1.82, 2.24) is 4.98 Å². The summed E-state index contributed by atoms with van der Waals surface area (Å²) in [4.78, 5) is 16.5. The van der Waals surface area contributed by atoms with E-state index in [1.165, 1.54) is 23.6 Å². The smallest absolute Gasteiger partial charge is 0.204 e. The summed E-state index contributed by atoms with van der Waals surface area (Å²) >= 11 is 1.41. The fourth-order valence-electron chi connectivity index (χ4n) is 1.77. The van der Waals surface area contributed by atoms with Crippen LogP contribution >= 0.6 is 11.3 Å². The molecule has 0 saturated carbocycles. The molecule has 0 amide bonds. The van der Waals surface area contributed by atoms with Crippen molar-refractivity contribution in [3.63, 3.8) is 0 Å². The van der Waals surface area contributed by atoms with Crippen LogP contribution in [0.5, 0.6) is 0 Å². The van der Waals surface area contributed by atoms with E-state index in [0.717, 1.165) is 16.3 Å². The quantitative estimate of drug-likeness (QED) is 0.656. The second-order valence-corrected chi connectivity index (χ2v) is 4.95. The Balaban J connectivity index is 2.06. The van der Waals surface area contributed by atoms with Gasteiger partial charge in [0, 0.05) is 16.5 Å². The third kappa shape index (κ3) is 1.91. The predicted octanol–water partition coefficient (Wildman–Crippen LogP) is 3.67. The lowest BCUT2D eigenvalue weighted by molar-refractivity contribution is 0.104. The van der Waals surface area contributed by atoms with Gasteiger partial charge < -0.3 is 0 Å². The van der Waals surface area contributed by atoms with Crippen LogP contribution in [-0.4, -0.2) is 10.8 Å². The topological polar surface area (TPSA) is 30.0 Å². The number of hydrogen-bond donors (Lipinski definition) is 0. The zero-order valence-corrected chi connectivity index (χ0v) is 10.1. The van der Waals surface area contributed by atoms with E-state index in [0.29, 0.717) is 4.88 Å². The number of rotatable bonds is 2. The minimum Gasteiger partial charge on any atom is -0.288 e. The summed E-state index contributed by atoms with van der Waals surface area (Å²) in [5.41, 5.74) is 0.279. The summed E-state index contributed by atoms with van der Waals surface area (Å²) in [5, 5.41) is 1.02. The van der Waals surface area contributed by atoms with E-state index < -0.39 is 5.82 Å². The summed E-state index contributed by atoms with van der Waals surface area (Å²) in [5.74, 6) is -0.690. The monoisotopic (exact) mass is 257 g/mol. The molecule has 3 aromatic rings. The summed E-state index contributed by atoms with van der Waals surface area (Å²) in [6, 6.07) is 10.8. The number of hydrogen-bond acceptors (Lipinski definition) is 3. The summed E-state index contributed by atoms with van der Waals surface area (Å²) in [6.45, 7) is 0. The molecule has 2 heterocycles. The van der Waals surface area contributed by atoms with Gasteiger partial charge in [0.15, 0.2) is 0 Å². The SMILES string of the molecule is O=C(c1cncc(F)c1)c1cc2ccccc2s1. The van der Waals surface area contributed by atoms with Crippen molar-refractivity contribution in [2.45, 2.75) is 0 Å². The molecule has 0 spiro atoms. The third-order valence-electron chi connectivity index (χ3n) is 2.62. The highest BCUT2D eigenvalue weighted by atomic mass is 32.1. The van der Waals surface area contributed by atoms with Crippen LogP contribution in [0.15, 0.2) is 48.8 Å². The Bertz CT molecular complexity index is 702. The first-order valence-corrected chi connectivity index (χ1v) is 6.19. The second-order valence-electron chi connectivity index (χ2n) is 3.87. The van der Waals surface area contributed by atoms with Gasteiger partial charge in [-0.25, -0.2) is 4.39 Å². The molecular formula is C14H8FNOS. The van der Waals surface area contributed by atoms with Crippen molar-refractivity contribution < 1.29 is 9.18 Å². The molecule has 0 atom stereocenters. The summed E-state index contributed by atoms with van der Waals surface area (Å²) < 4.78 is 14.1. The van der Waals surface area contributed by atoms with Gasteiger partial charge in [-0.15, -0.1) is 11.3 Å². The molecule has 2 aromatic heterocycles. The van der Waals surface area contributed by atoms with E-state index in [-0.39, 0.29) is 11.3 Å². The molecule has 0 bridgehead atoms. The highest BCUT2D eigenvalue weighted by Crippen LogP contribution is 2.27. The number of fused-ring (bicyclic) bond motifs is 1. The normalized spacial score (nSPS) is 10.7. The van der Waals surface area contributed by atoms with Crippen LogP contribution in [-0.2, 0) is 0 Å². The molecule has 0 N–H and O–H groups in total. The number of thiophene rings is 1. The molecule has 0 aliphatic heterocycles. The molecule has 3 rings (SSSR count). The number of carbonyl (C=O) groups is 1. The van der Waals surface area contributed by atoms with E-state index in [1.807, 2.05) is 30.3 Å². The van der Waals surface area contributed by atoms with E-state index in [1.54, 1.807) is 0 Å². The van der Waals surface area contributed by atoms with Gasteiger partial charge >= 0.3 is 0 Å². The van der Waals surface area contributed by atoms with Crippen LogP contribution in [0.25, 0.3) is 10.1 Å². The highest BCUT2D eigenvalue weighted by Gasteiger charge is 2.13. The molecule has 1 aromatic carbocycles. The molecule has 0 fully saturated rings. The van der Waals surface area contributed by atoms with Crippen LogP contribution in [0.4, 0.5) is 4.39 Å². The maximum atomic E-state index is 13.0. The van der Waals surface area contributed by atoms with Gasteiger partial charge in [0.25, 0.3) is 0 Å². The highest BCUT2D eigenvalue weighted by molar-refractivity contribution is 7.21. The number of nitrogens with zero attached hydrogens (tertiary/aromatic N) is 1. The Hall–Kier alpha value is -2.07. The van der Waals surface area contributed by atoms with Crippen LogP contribution in [0.2, 0.25) is 0 Å². The van der Waals surface area contributed by atoms with Gasteiger partial charge in [-0.2, -0.15) is 0 Å². The Morgan fingerprint density at radius 3 is 2.78 bits per heavy atom. The van der Waals surface area contributed by atoms with Crippen molar-refractivity contribution in [1.29, 1.82) is 0 Å². The maximum Gasteiger partial charge on any atom is 0.204 e. The number of pyridine rings is 1. The number of carbonyl (C=O) groups excluding carboxylic acids is 1. The Kier molecular flexibility index (Phi) is 2.64. The molecule has 4 heteroatoms. The van der Waals surface area contributed by atoms with E-state index in [2.05, 4.69) is 4.98 Å². The molecule has 0 aliphatic rings. The maximum absolute atomic E-state index is 13.0. The first-order valence-electron chi connectivity index (χ1n) is 5.38. The van der Waals surface area contributed by atoms with Crippen molar-refractivity contribution in [3.8, 4) is 0 Å². The Labute approximate surface area is 107 Å². The Morgan fingerprint density at radius 2 is 2.00 bits per heavy atom.